The van der Waals surface area contributed by atoms with Crippen LogP contribution in [0.4, 0.5) is 0 Å². The number of unbranched alkanes of at least 4 members (excludes halogenated alkanes) is 3. The van der Waals surface area contributed by atoms with E-state index in [1.165, 1.54) is 6.42 Å². The number of carboxylic acid groups (broad SMARTS) is 1. The molecule has 1 aliphatic heterocycles. The fraction of sp³-hybridized carbons (Fsp3) is 0.917. The third kappa shape index (κ3) is 5.35. The molecule has 1 heterocycles. The minimum atomic E-state index is -3.05. The molecule has 0 aromatic rings. The molecule has 0 aromatic heterocycles. The van der Waals surface area contributed by atoms with E-state index >= 15 is 0 Å². The zero-order valence-corrected chi connectivity index (χ0v) is 11.8. The van der Waals surface area contributed by atoms with Crippen LogP contribution in [0.5, 0.6) is 0 Å². The first-order valence-electron chi connectivity index (χ1n) is 6.61. The smallest absolute Gasteiger partial charge is 0.304 e. The normalized spacial score (nSPS) is 23.9. The van der Waals surface area contributed by atoms with Crippen LogP contribution in [-0.2, 0) is 14.6 Å². The molecule has 0 aromatic carbocycles. The second-order valence-electron chi connectivity index (χ2n) is 4.96. The zero-order valence-electron chi connectivity index (χ0n) is 11.0. The predicted molar refractivity (Wildman–Crippen MR) is 70.4 cm³/mol. The van der Waals surface area contributed by atoms with E-state index in [1.807, 2.05) is 4.90 Å². The SMILES string of the molecule is CCCCCCN1CCS(=O)(=O)CC1CC(=O)O. The average molecular weight is 277 g/mol. The van der Waals surface area contributed by atoms with E-state index in [0.717, 1.165) is 25.8 Å². The highest BCUT2D eigenvalue weighted by atomic mass is 32.2. The number of aliphatic carboxylic acids is 1. The molecule has 1 unspecified atom stereocenters. The highest BCUT2D eigenvalue weighted by molar-refractivity contribution is 7.91. The van der Waals surface area contributed by atoms with Crippen LogP contribution in [0.2, 0.25) is 0 Å². The van der Waals surface area contributed by atoms with Crippen LogP contribution in [0.15, 0.2) is 0 Å². The minimum Gasteiger partial charge on any atom is -0.481 e. The maximum atomic E-state index is 11.5. The van der Waals surface area contributed by atoms with Gasteiger partial charge in [-0.15, -0.1) is 0 Å². The van der Waals surface area contributed by atoms with E-state index in [0.29, 0.717) is 6.54 Å². The first-order chi connectivity index (χ1) is 8.44. The van der Waals surface area contributed by atoms with E-state index in [-0.39, 0.29) is 24.0 Å². The number of nitrogens with zero attached hydrogens (tertiary/aromatic N) is 1. The Hall–Kier alpha value is -0.620. The quantitative estimate of drug-likeness (QED) is 0.706. The van der Waals surface area contributed by atoms with E-state index in [1.54, 1.807) is 0 Å². The van der Waals surface area contributed by atoms with Gasteiger partial charge in [-0.2, -0.15) is 0 Å². The second kappa shape index (κ2) is 7.09. The summed E-state index contributed by atoms with van der Waals surface area (Å²) in [5, 5.41) is 8.84. The van der Waals surface area contributed by atoms with Gasteiger partial charge in [0.15, 0.2) is 9.84 Å². The summed E-state index contributed by atoms with van der Waals surface area (Å²) in [6.45, 7) is 3.43. The van der Waals surface area contributed by atoms with Crippen LogP contribution < -0.4 is 0 Å². The summed E-state index contributed by atoms with van der Waals surface area (Å²) < 4.78 is 23.1. The molecular weight excluding hydrogens is 254 g/mol. The monoisotopic (exact) mass is 277 g/mol. The van der Waals surface area contributed by atoms with Gasteiger partial charge in [-0.3, -0.25) is 9.69 Å². The molecule has 5 nitrogen and oxygen atoms in total. The van der Waals surface area contributed by atoms with Crippen LogP contribution in [0.25, 0.3) is 0 Å². The standard InChI is InChI=1S/C12H23NO4S/c1-2-3-4-5-6-13-7-8-18(16,17)10-11(13)9-12(14)15/h11H,2-10H2,1H3,(H,14,15). The van der Waals surface area contributed by atoms with Crippen LogP contribution in [-0.4, -0.2) is 55.0 Å². The van der Waals surface area contributed by atoms with Crippen molar-refractivity contribution in [3.8, 4) is 0 Å². The van der Waals surface area contributed by atoms with Gasteiger partial charge in [-0.1, -0.05) is 26.2 Å². The summed E-state index contributed by atoms with van der Waals surface area (Å²) >= 11 is 0. The first-order valence-corrected chi connectivity index (χ1v) is 8.43. The Kier molecular flexibility index (Phi) is 6.08. The van der Waals surface area contributed by atoms with Crippen molar-refractivity contribution in [2.24, 2.45) is 0 Å². The van der Waals surface area contributed by atoms with Gasteiger partial charge in [0, 0.05) is 12.6 Å². The summed E-state index contributed by atoms with van der Waals surface area (Å²) in [5.74, 6) is -0.764. The molecule has 0 bridgehead atoms. The van der Waals surface area contributed by atoms with Gasteiger partial charge in [0.05, 0.1) is 17.9 Å². The highest BCUT2D eigenvalue weighted by Crippen LogP contribution is 2.16. The van der Waals surface area contributed by atoms with Crippen LogP contribution >= 0.6 is 0 Å². The zero-order chi connectivity index (χ0) is 13.6. The van der Waals surface area contributed by atoms with Gasteiger partial charge in [0.1, 0.15) is 0 Å². The van der Waals surface area contributed by atoms with Gasteiger partial charge in [0.25, 0.3) is 0 Å². The molecule has 1 rings (SSSR count). The number of carbonyl (C=O) groups is 1. The molecule has 1 N–H and O–H groups in total. The lowest BCUT2D eigenvalue weighted by Crippen LogP contribution is -2.49. The van der Waals surface area contributed by atoms with Crippen molar-refractivity contribution in [3.05, 3.63) is 0 Å². The summed E-state index contributed by atoms with van der Waals surface area (Å²) in [5.41, 5.74) is 0. The van der Waals surface area contributed by atoms with E-state index in [2.05, 4.69) is 6.92 Å². The van der Waals surface area contributed by atoms with Gasteiger partial charge in [-0.25, -0.2) is 8.42 Å². The Bertz CT molecular complexity index is 366. The summed E-state index contributed by atoms with van der Waals surface area (Å²) in [6.07, 6.45) is 4.40. The molecular formula is C12H23NO4S. The van der Waals surface area contributed by atoms with Gasteiger partial charge in [-0.05, 0) is 13.0 Å². The second-order valence-corrected chi connectivity index (χ2v) is 7.19. The molecule has 0 spiro atoms. The van der Waals surface area contributed by atoms with Crippen molar-refractivity contribution >= 4 is 15.8 Å². The van der Waals surface area contributed by atoms with Crippen LogP contribution in [0, 0.1) is 0 Å². The van der Waals surface area contributed by atoms with Crippen molar-refractivity contribution in [3.63, 3.8) is 0 Å². The largest absolute Gasteiger partial charge is 0.481 e. The third-order valence-corrected chi connectivity index (χ3v) is 5.06. The highest BCUT2D eigenvalue weighted by Gasteiger charge is 2.31. The van der Waals surface area contributed by atoms with Crippen molar-refractivity contribution in [2.45, 2.75) is 45.1 Å². The first kappa shape index (κ1) is 15.4. The lowest BCUT2D eigenvalue weighted by Gasteiger charge is -2.34. The van der Waals surface area contributed by atoms with Crippen molar-refractivity contribution in [2.75, 3.05) is 24.6 Å². The Morgan fingerprint density at radius 3 is 2.67 bits per heavy atom. The maximum absolute atomic E-state index is 11.5. The van der Waals surface area contributed by atoms with Crippen molar-refractivity contribution in [1.82, 2.24) is 4.90 Å². The Morgan fingerprint density at radius 2 is 2.06 bits per heavy atom. The fourth-order valence-corrected chi connectivity index (χ4v) is 3.94. The summed E-state index contributed by atoms with van der Waals surface area (Å²) in [6, 6.07) is -0.345. The minimum absolute atomic E-state index is 0.00687. The molecule has 18 heavy (non-hydrogen) atoms. The molecule has 106 valence electrons. The van der Waals surface area contributed by atoms with Gasteiger partial charge < -0.3 is 5.11 Å². The van der Waals surface area contributed by atoms with Crippen molar-refractivity contribution in [1.29, 1.82) is 0 Å². The molecule has 6 heteroatoms. The van der Waals surface area contributed by atoms with E-state index in [9.17, 15) is 13.2 Å². The molecule has 1 aliphatic rings. The van der Waals surface area contributed by atoms with Gasteiger partial charge in [0.2, 0.25) is 0 Å². The average Bonchev–Trinajstić information content (AvgIpc) is 2.25. The van der Waals surface area contributed by atoms with Gasteiger partial charge >= 0.3 is 5.97 Å². The Labute approximate surface area is 109 Å². The number of carboxylic acids is 1. The number of hydrogen-bond acceptors (Lipinski definition) is 4. The van der Waals surface area contributed by atoms with E-state index in [4.69, 9.17) is 5.11 Å². The topological polar surface area (TPSA) is 74.7 Å². The van der Waals surface area contributed by atoms with Crippen LogP contribution in [0.1, 0.15) is 39.0 Å². The third-order valence-electron chi connectivity index (χ3n) is 3.36. The molecule has 0 amide bonds. The van der Waals surface area contributed by atoms with Crippen molar-refractivity contribution < 1.29 is 18.3 Å². The molecule has 1 atom stereocenters. The predicted octanol–water partition coefficient (Wildman–Crippen LogP) is 1.14. The molecule has 0 saturated carbocycles. The van der Waals surface area contributed by atoms with E-state index < -0.39 is 15.8 Å². The lowest BCUT2D eigenvalue weighted by atomic mass is 10.1. The lowest BCUT2D eigenvalue weighted by molar-refractivity contribution is -0.138. The molecule has 0 radical (unpaired) electrons. The molecule has 0 aliphatic carbocycles. The fourth-order valence-electron chi connectivity index (χ4n) is 2.35. The molecule has 1 fully saturated rings. The summed E-state index contributed by atoms with van der Waals surface area (Å²) in [7, 11) is -3.05. The molecule has 1 saturated heterocycles. The number of hydrogen-bond donors (Lipinski definition) is 1. The summed E-state index contributed by atoms with van der Waals surface area (Å²) in [4.78, 5) is 12.8. The Balaban J connectivity index is 2.50. The van der Waals surface area contributed by atoms with Crippen LogP contribution in [0.3, 0.4) is 0 Å². The Morgan fingerprint density at radius 1 is 1.33 bits per heavy atom. The number of sulfone groups is 1. The maximum Gasteiger partial charge on any atom is 0.304 e. The number of rotatable bonds is 7.